The SMILES string of the molecule is COc1ccc(-c2nnc(SC(C)C(=O)Nc3ccccc3C)n2C2CCCCC2)cc1. The van der Waals surface area contributed by atoms with E-state index < -0.39 is 0 Å². The first-order valence-electron chi connectivity index (χ1n) is 11.2. The first-order chi connectivity index (χ1) is 15.6. The van der Waals surface area contributed by atoms with Gasteiger partial charge >= 0.3 is 0 Å². The molecule has 3 aromatic rings. The second-order valence-electron chi connectivity index (χ2n) is 8.26. The lowest BCUT2D eigenvalue weighted by Crippen LogP contribution is -2.24. The lowest BCUT2D eigenvalue weighted by Gasteiger charge is -2.26. The largest absolute Gasteiger partial charge is 0.497 e. The summed E-state index contributed by atoms with van der Waals surface area (Å²) >= 11 is 1.47. The Labute approximate surface area is 193 Å². The van der Waals surface area contributed by atoms with E-state index in [-0.39, 0.29) is 11.2 Å². The van der Waals surface area contributed by atoms with Crippen LogP contribution in [0.15, 0.2) is 53.7 Å². The molecule has 0 bridgehead atoms. The molecule has 0 saturated heterocycles. The minimum atomic E-state index is -0.301. The van der Waals surface area contributed by atoms with Gasteiger partial charge in [0.05, 0.1) is 12.4 Å². The van der Waals surface area contributed by atoms with Crippen molar-refractivity contribution in [2.75, 3.05) is 12.4 Å². The molecule has 4 rings (SSSR count). The molecule has 1 atom stereocenters. The fourth-order valence-corrected chi connectivity index (χ4v) is 5.04. The van der Waals surface area contributed by atoms with Gasteiger partial charge < -0.3 is 10.1 Å². The Hall–Kier alpha value is -2.80. The van der Waals surface area contributed by atoms with Gasteiger partial charge in [-0.15, -0.1) is 10.2 Å². The minimum absolute atomic E-state index is 0.0338. The molecular weight excluding hydrogens is 420 g/mol. The highest BCUT2D eigenvalue weighted by molar-refractivity contribution is 8.00. The molecule has 0 spiro atoms. The third-order valence-electron chi connectivity index (χ3n) is 6.01. The molecule has 1 amide bonds. The summed E-state index contributed by atoms with van der Waals surface area (Å²) < 4.78 is 7.55. The number of anilines is 1. The first kappa shape index (κ1) is 22.4. The second-order valence-corrected chi connectivity index (χ2v) is 9.57. The molecule has 168 valence electrons. The normalized spacial score (nSPS) is 15.3. The minimum Gasteiger partial charge on any atom is -0.497 e. The van der Waals surface area contributed by atoms with Crippen molar-refractivity contribution >= 4 is 23.4 Å². The van der Waals surface area contributed by atoms with Crippen LogP contribution in [0.1, 0.15) is 50.6 Å². The number of benzene rings is 2. The van der Waals surface area contributed by atoms with Crippen LogP contribution in [-0.4, -0.2) is 33.0 Å². The third kappa shape index (κ3) is 4.99. The van der Waals surface area contributed by atoms with Gasteiger partial charge in [-0.05, 0) is 62.6 Å². The maximum atomic E-state index is 12.9. The van der Waals surface area contributed by atoms with Gasteiger partial charge in [0.2, 0.25) is 5.91 Å². The van der Waals surface area contributed by atoms with E-state index in [4.69, 9.17) is 4.74 Å². The Bertz CT molecular complexity index is 1060. The third-order valence-corrected chi connectivity index (χ3v) is 7.06. The standard InChI is InChI=1S/C25H30N4O2S/c1-17-9-7-8-12-22(17)26-24(30)18(2)32-25-28-27-23(19-13-15-21(31-3)16-14-19)29(25)20-10-5-4-6-11-20/h7-9,12-16,18,20H,4-6,10-11H2,1-3H3,(H,26,30). The Morgan fingerprint density at radius 3 is 2.50 bits per heavy atom. The van der Waals surface area contributed by atoms with E-state index in [1.807, 2.05) is 62.4 Å². The highest BCUT2D eigenvalue weighted by Crippen LogP contribution is 2.37. The average Bonchev–Trinajstić information content (AvgIpc) is 3.24. The highest BCUT2D eigenvalue weighted by atomic mass is 32.2. The molecule has 1 N–H and O–H groups in total. The van der Waals surface area contributed by atoms with E-state index in [9.17, 15) is 4.79 Å². The zero-order valence-electron chi connectivity index (χ0n) is 18.9. The number of hydrogen-bond donors (Lipinski definition) is 1. The molecule has 1 aromatic heterocycles. The van der Waals surface area contributed by atoms with Crippen LogP contribution in [0.25, 0.3) is 11.4 Å². The fraction of sp³-hybridized carbons (Fsp3) is 0.400. The zero-order valence-corrected chi connectivity index (χ0v) is 19.7. The molecule has 1 unspecified atom stereocenters. The van der Waals surface area contributed by atoms with E-state index in [2.05, 4.69) is 20.1 Å². The molecule has 6 nitrogen and oxygen atoms in total. The summed E-state index contributed by atoms with van der Waals surface area (Å²) in [6.45, 7) is 3.92. The van der Waals surface area contributed by atoms with Gasteiger partial charge in [-0.2, -0.15) is 0 Å². The number of aromatic nitrogens is 3. The van der Waals surface area contributed by atoms with Gasteiger partial charge in [-0.3, -0.25) is 9.36 Å². The van der Waals surface area contributed by atoms with Crippen LogP contribution in [0.5, 0.6) is 5.75 Å². The summed E-state index contributed by atoms with van der Waals surface area (Å²) in [5.41, 5.74) is 2.90. The maximum absolute atomic E-state index is 12.9. The number of rotatable bonds is 7. The first-order valence-corrected chi connectivity index (χ1v) is 12.1. The summed E-state index contributed by atoms with van der Waals surface area (Å²) in [6, 6.07) is 16.1. The quantitative estimate of drug-likeness (QED) is 0.455. The molecule has 7 heteroatoms. The highest BCUT2D eigenvalue weighted by Gasteiger charge is 2.26. The summed E-state index contributed by atoms with van der Waals surface area (Å²) in [4.78, 5) is 12.9. The van der Waals surface area contributed by atoms with Crippen LogP contribution in [0.3, 0.4) is 0 Å². The number of nitrogens with zero attached hydrogens (tertiary/aromatic N) is 3. The van der Waals surface area contributed by atoms with Crippen molar-refractivity contribution in [3.8, 4) is 17.1 Å². The second kappa shape index (κ2) is 10.2. The van der Waals surface area contributed by atoms with Crippen molar-refractivity contribution in [2.45, 2.75) is 62.4 Å². The monoisotopic (exact) mass is 450 g/mol. The number of carbonyl (C=O) groups excluding carboxylic acids is 1. The van der Waals surface area contributed by atoms with Crippen LogP contribution in [0.2, 0.25) is 0 Å². The van der Waals surface area contributed by atoms with E-state index in [1.54, 1.807) is 7.11 Å². The van der Waals surface area contributed by atoms with Crippen molar-refractivity contribution < 1.29 is 9.53 Å². The average molecular weight is 451 g/mol. The number of nitrogens with one attached hydrogen (secondary N) is 1. The molecular formula is C25H30N4O2S. The van der Waals surface area contributed by atoms with Gasteiger partial charge in [0, 0.05) is 17.3 Å². The summed E-state index contributed by atoms with van der Waals surface area (Å²) in [7, 11) is 1.66. The molecule has 1 aliphatic rings. The molecule has 2 aromatic carbocycles. The lowest BCUT2D eigenvalue weighted by molar-refractivity contribution is -0.115. The number of thioether (sulfide) groups is 1. The van der Waals surface area contributed by atoms with Gasteiger partial charge in [0.25, 0.3) is 0 Å². The van der Waals surface area contributed by atoms with Crippen molar-refractivity contribution in [3.05, 3.63) is 54.1 Å². The van der Waals surface area contributed by atoms with Gasteiger partial charge in [0.15, 0.2) is 11.0 Å². The zero-order chi connectivity index (χ0) is 22.5. The Kier molecular flexibility index (Phi) is 7.15. The smallest absolute Gasteiger partial charge is 0.237 e. The van der Waals surface area contributed by atoms with Crippen molar-refractivity contribution in [3.63, 3.8) is 0 Å². The Balaban J connectivity index is 1.59. The summed E-state index contributed by atoms with van der Waals surface area (Å²) in [5, 5.41) is 12.6. The van der Waals surface area contributed by atoms with Crippen molar-refractivity contribution in [1.29, 1.82) is 0 Å². The molecule has 1 saturated carbocycles. The molecule has 1 fully saturated rings. The molecule has 1 aliphatic carbocycles. The van der Waals surface area contributed by atoms with Crippen LogP contribution < -0.4 is 10.1 Å². The number of methoxy groups -OCH3 is 1. The predicted octanol–water partition coefficient (Wildman–Crippen LogP) is 5.89. The lowest BCUT2D eigenvalue weighted by atomic mass is 9.95. The van der Waals surface area contributed by atoms with Crippen LogP contribution >= 0.6 is 11.8 Å². The fourth-order valence-electron chi connectivity index (χ4n) is 4.12. The molecule has 1 heterocycles. The van der Waals surface area contributed by atoms with Gasteiger partial charge in [0.1, 0.15) is 5.75 Å². The number of hydrogen-bond acceptors (Lipinski definition) is 5. The molecule has 32 heavy (non-hydrogen) atoms. The Morgan fingerprint density at radius 2 is 1.81 bits per heavy atom. The number of carbonyl (C=O) groups is 1. The number of ether oxygens (including phenoxy) is 1. The van der Waals surface area contributed by atoms with E-state index in [0.717, 1.165) is 46.4 Å². The number of aryl methyl sites for hydroxylation is 1. The Morgan fingerprint density at radius 1 is 1.09 bits per heavy atom. The van der Waals surface area contributed by atoms with Gasteiger partial charge in [-0.1, -0.05) is 49.2 Å². The molecule has 0 aliphatic heterocycles. The maximum Gasteiger partial charge on any atom is 0.237 e. The van der Waals surface area contributed by atoms with Gasteiger partial charge in [-0.25, -0.2) is 0 Å². The van der Waals surface area contributed by atoms with E-state index >= 15 is 0 Å². The number of para-hydroxylation sites is 1. The van der Waals surface area contributed by atoms with E-state index in [0.29, 0.717) is 6.04 Å². The number of amides is 1. The molecule has 0 radical (unpaired) electrons. The summed E-state index contributed by atoms with van der Waals surface area (Å²) in [6.07, 6.45) is 5.90. The van der Waals surface area contributed by atoms with Crippen molar-refractivity contribution in [2.24, 2.45) is 0 Å². The topological polar surface area (TPSA) is 69.0 Å². The van der Waals surface area contributed by atoms with Crippen LogP contribution in [0.4, 0.5) is 5.69 Å². The van der Waals surface area contributed by atoms with E-state index in [1.165, 1.54) is 31.0 Å². The van der Waals surface area contributed by atoms with Crippen LogP contribution in [-0.2, 0) is 4.79 Å². The van der Waals surface area contributed by atoms with Crippen LogP contribution in [0, 0.1) is 6.92 Å². The summed E-state index contributed by atoms with van der Waals surface area (Å²) in [5.74, 6) is 1.63. The van der Waals surface area contributed by atoms with Crippen molar-refractivity contribution in [1.82, 2.24) is 14.8 Å². The predicted molar refractivity (Wildman–Crippen MR) is 129 cm³/mol.